The van der Waals surface area contributed by atoms with Crippen LogP contribution in [0.1, 0.15) is 31.7 Å². The van der Waals surface area contributed by atoms with E-state index in [-0.39, 0.29) is 17.4 Å². The van der Waals surface area contributed by atoms with E-state index < -0.39 is 0 Å². The molecule has 0 bridgehead atoms. The third kappa shape index (κ3) is 3.80. The van der Waals surface area contributed by atoms with Crippen molar-refractivity contribution in [2.45, 2.75) is 31.7 Å². The molecule has 0 spiro atoms. The van der Waals surface area contributed by atoms with Crippen molar-refractivity contribution in [3.63, 3.8) is 0 Å². The van der Waals surface area contributed by atoms with Gasteiger partial charge in [0.2, 0.25) is 11.8 Å². The maximum atomic E-state index is 11.8. The van der Waals surface area contributed by atoms with Crippen molar-refractivity contribution in [3.8, 4) is 0 Å². The van der Waals surface area contributed by atoms with Crippen LogP contribution >= 0.6 is 15.9 Å². The van der Waals surface area contributed by atoms with Crippen molar-refractivity contribution in [3.05, 3.63) is 34.3 Å². The zero-order chi connectivity index (χ0) is 13.9. The second kappa shape index (κ2) is 5.74. The van der Waals surface area contributed by atoms with E-state index in [0.29, 0.717) is 13.0 Å². The third-order valence-corrected chi connectivity index (χ3v) is 3.78. The lowest BCUT2D eigenvalue weighted by molar-refractivity contribution is -0.122. The normalized spacial score (nSPS) is 15.7. The predicted molar refractivity (Wildman–Crippen MR) is 76.5 cm³/mol. The van der Waals surface area contributed by atoms with E-state index >= 15 is 0 Å². The van der Waals surface area contributed by atoms with Crippen LogP contribution in [-0.4, -0.2) is 18.4 Å². The highest BCUT2D eigenvalue weighted by molar-refractivity contribution is 9.10. The average molecular weight is 325 g/mol. The molecule has 1 saturated carbocycles. The fraction of sp³-hybridized carbons (Fsp3) is 0.429. The van der Waals surface area contributed by atoms with Crippen LogP contribution in [-0.2, 0) is 15.1 Å². The Morgan fingerprint density at radius 2 is 1.89 bits per heavy atom. The fourth-order valence-electron chi connectivity index (χ4n) is 2.06. The maximum Gasteiger partial charge on any atom is 0.222 e. The highest BCUT2D eigenvalue weighted by atomic mass is 79.9. The van der Waals surface area contributed by atoms with Crippen molar-refractivity contribution in [1.29, 1.82) is 0 Å². The quantitative estimate of drug-likeness (QED) is 0.871. The van der Waals surface area contributed by atoms with Crippen LogP contribution in [0.15, 0.2) is 28.7 Å². The summed E-state index contributed by atoms with van der Waals surface area (Å²) in [6.45, 7) is 1.83. The number of rotatable bonds is 5. The zero-order valence-corrected chi connectivity index (χ0v) is 12.4. The predicted octanol–water partition coefficient (Wildman–Crippen LogP) is 2.08. The Morgan fingerprint density at radius 1 is 1.26 bits per heavy atom. The molecule has 0 unspecified atom stereocenters. The molecule has 0 aromatic heterocycles. The number of amides is 2. The van der Waals surface area contributed by atoms with E-state index in [2.05, 4.69) is 26.6 Å². The first-order chi connectivity index (χ1) is 9.02. The Hall–Kier alpha value is -1.36. The Balaban J connectivity index is 1.89. The van der Waals surface area contributed by atoms with Crippen LogP contribution in [0.3, 0.4) is 0 Å². The van der Waals surface area contributed by atoms with E-state index in [4.69, 9.17) is 0 Å². The van der Waals surface area contributed by atoms with Crippen molar-refractivity contribution in [1.82, 2.24) is 10.6 Å². The smallest absolute Gasteiger partial charge is 0.222 e. The topological polar surface area (TPSA) is 58.2 Å². The largest absolute Gasteiger partial charge is 0.356 e. The van der Waals surface area contributed by atoms with Crippen molar-refractivity contribution < 1.29 is 9.59 Å². The van der Waals surface area contributed by atoms with E-state index in [1.165, 1.54) is 6.92 Å². The van der Waals surface area contributed by atoms with Crippen LogP contribution in [0.25, 0.3) is 0 Å². The summed E-state index contributed by atoms with van der Waals surface area (Å²) in [5.74, 6) is -0.129. The number of halogens is 1. The fourth-order valence-corrected chi connectivity index (χ4v) is 2.33. The van der Waals surface area contributed by atoms with Gasteiger partial charge in [0, 0.05) is 24.4 Å². The summed E-state index contributed by atoms with van der Waals surface area (Å²) >= 11 is 3.40. The molecule has 0 heterocycles. The minimum atomic E-state index is -0.187. The molecular weight excluding hydrogens is 308 g/mol. The zero-order valence-electron chi connectivity index (χ0n) is 10.8. The average Bonchev–Trinajstić information content (AvgIpc) is 3.10. The van der Waals surface area contributed by atoms with E-state index in [1.54, 1.807) is 0 Å². The number of nitrogens with one attached hydrogen (secondary N) is 2. The first-order valence-corrected chi connectivity index (χ1v) is 7.13. The molecule has 19 heavy (non-hydrogen) atoms. The number of benzene rings is 1. The Labute approximate surface area is 121 Å². The van der Waals surface area contributed by atoms with Gasteiger partial charge >= 0.3 is 0 Å². The number of hydrogen-bond donors (Lipinski definition) is 2. The Morgan fingerprint density at radius 3 is 2.42 bits per heavy atom. The molecule has 102 valence electrons. The standard InChI is InChI=1S/C14H17BrN2O2/c1-10(18)16-9-6-13(19)17-14(7-8-14)11-2-4-12(15)5-3-11/h2-5H,6-9H2,1H3,(H,16,18)(H,17,19). The van der Waals surface area contributed by atoms with Crippen LogP contribution in [0, 0.1) is 0 Å². The molecule has 2 amide bonds. The molecule has 4 nitrogen and oxygen atoms in total. The minimum Gasteiger partial charge on any atom is -0.356 e. The summed E-state index contributed by atoms with van der Waals surface area (Å²) < 4.78 is 1.03. The molecule has 1 fully saturated rings. The van der Waals surface area contributed by atoms with E-state index in [1.807, 2.05) is 24.3 Å². The van der Waals surface area contributed by atoms with Crippen molar-refractivity contribution in [2.75, 3.05) is 6.54 Å². The summed E-state index contributed by atoms with van der Waals surface area (Å²) in [5.41, 5.74) is 0.956. The second-order valence-corrected chi connectivity index (χ2v) is 5.79. The van der Waals surface area contributed by atoms with Crippen molar-refractivity contribution in [2.24, 2.45) is 0 Å². The summed E-state index contributed by atoms with van der Waals surface area (Å²) in [6, 6.07) is 8.04. The van der Waals surface area contributed by atoms with Crippen LogP contribution in [0.5, 0.6) is 0 Å². The third-order valence-electron chi connectivity index (χ3n) is 3.25. The Kier molecular flexibility index (Phi) is 4.24. The van der Waals surface area contributed by atoms with Gasteiger partial charge in [-0.25, -0.2) is 0 Å². The van der Waals surface area contributed by atoms with Crippen LogP contribution in [0.2, 0.25) is 0 Å². The lowest BCUT2D eigenvalue weighted by Gasteiger charge is -2.18. The number of carbonyl (C=O) groups excluding carboxylic acids is 2. The van der Waals surface area contributed by atoms with E-state index in [0.717, 1.165) is 22.9 Å². The van der Waals surface area contributed by atoms with Gasteiger partial charge in [0.25, 0.3) is 0 Å². The molecule has 1 aromatic carbocycles. The molecule has 5 heteroatoms. The van der Waals surface area contributed by atoms with Gasteiger partial charge in [0.05, 0.1) is 5.54 Å². The van der Waals surface area contributed by atoms with Gasteiger partial charge in [0.15, 0.2) is 0 Å². The van der Waals surface area contributed by atoms with Gasteiger partial charge < -0.3 is 10.6 Å². The molecule has 1 aromatic rings. The maximum absolute atomic E-state index is 11.8. The molecule has 0 aliphatic heterocycles. The van der Waals surface area contributed by atoms with Gasteiger partial charge in [-0.1, -0.05) is 28.1 Å². The lowest BCUT2D eigenvalue weighted by Crippen LogP contribution is -2.36. The first kappa shape index (κ1) is 14.1. The summed E-state index contributed by atoms with van der Waals surface area (Å²) in [6.07, 6.45) is 2.26. The molecule has 0 radical (unpaired) electrons. The van der Waals surface area contributed by atoms with Crippen molar-refractivity contribution >= 4 is 27.7 Å². The van der Waals surface area contributed by atoms with E-state index in [9.17, 15) is 9.59 Å². The molecular formula is C14H17BrN2O2. The van der Waals surface area contributed by atoms with Crippen LogP contribution in [0.4, 0.5) is 0 Å². The highest BCUT2D eigenvalue weighted by Crippen LogP contribution is 2.45. The molecule has 0 atom stereocenters. The lowest BCUT2D eigenvalue weighted by atomic mass is 10.0. The monoisotopic (exact) mass is 324 g/mol. The Bertz CT molecular complexity index is 481. The van der Waals surface area contributed by atoms with Gasteiger partial charge in [0.1, 0.15) is 0 Å². The van der Waals surface area contributed by atoms with Gasteiger partial charge in [-0.05, 0) is 30.5 Å². The minimum absolute atomic E-state index is 0.0193. The van der Waals surface area contributed by atoms with Gasteiger partial charge in [-0.2, -0.15) is 0 Å². The highest BCUT2D eigenvalue weighted by Gasteiger charge is 2.45. The first-order valence-electron chi connectivity index (χ1n) is 6.33. The van der Waals surface area contributed by atoms with Gasteiger partial charge in [-0.3, -0.25) is 9.59 Å². The summed E-state index contributed by atoms with van der Waals surface area (Å²) in [7, 11) is 0. The summed E-state index contributed by atoms with van der Waals surface area (Å²) in [5, 5.41) is 5.70. The molecule has 1 aliphatic rings. The van der Waals surface area contributed by atoms with Gasteiger partial charge in [-0.15, -0.1) is 0 Å². The number of hydrogen-bond acceptors (Lipinski definition) is 2. The molecule has 2 rings (SSSR count). The molecule has 2 N–H and O–H groups in total. The molecule has 1 aliphatic carbocycles. The van der Waals surface area contributed by atoms with Crippen LogP contribution < -0.4 is 10.6 Å². The second-order valence-electron chi connectivity index (χ2n) is 4.87. The SMILES string of the molecule is CC(=O)NCCC(=O)NC1(c2ccc(Br)cc2)CC1. The summed E-state index contributed by atoms with van der Waals surface area (Å²) in [4.78, 5) is 22.6. The molecule has 0 saturated heterocycles. The number of carbonyl (C=O) groups is 2.